The Kier molecular flexibility index (Phi) is 7.35. The number of benzene rings is 4. The summed E-state index contributed by atoms with van der Waals surface area (Å²) in [4.78, 5) is 12.5. The summed E-state index contributed by atoms with van der Waals surface area (Å²) in [6, 6.07) is 26.8. The van der Waals surface area contributed by atoms with E-state index in [1.807, 2.05) is 84.4 Å². The number of nitrogens with one attached hydrogen (secondary N) is 1. The van der Waals surface area contributed by atoms with E-state index in [0.717, 1.165) is 33.9 Å². The molecule has 9 nitrogen and oxygen atoms in total. The van der Waals surface area contributed by atoms with Crippen LogP contribution in [0.25, 0.3) is 5.69 Å². The molecule has 0 amide bonds. The van der Waals surface area contributed by atoms with Gasteiger partial charge in [-0.2, -0.15) is 5.10 Å². The highest BCUT2D eigenvalue weighted by atomic mass is 35.5. The van der Waals surface area contributed by atoms with Crippen molar-refractivity contribution in [1.82, 2.24) is 9.78 Å². The molecule has 1 atom stereocenters. The SMILES string of the molecule is COc1cc([C@H]2c3c(C)nn(-c4ccccc4)c3N=C3C(Nc4ccc(Cl)c(Cl)c4)=Nc4ccccc4N32)cc(OC)c1OC. The number of anilines is 2. The lowest BCUT2D eigenvalue weighted by atomic mass is 9.92. The van der Waals surface area contributed by atoms with Crippen LogP contribution in [0.15, 0.2) is 94.9 Å². The first-order valence-corrected chi connectivity index (χ1v) is 14.9. The molecule has 0 unspecified atom stereocenters. The third-order valence-corrected chi connectivity index (χ3v) is 8.56. The van der Waals surface area contributed by atoms with Gasteiger partial charge in [0, 0.05) is 11.3 Å². The molecule has 2 aliphatic heterocycles. The minimum absolute atomic E-state index is 0.402. The van der Waals surface area contributed by atoms with E-state index in [1.165, 1.54) is 0 Å². The van der Waals surface area contributed by atoms with Gasteiger partial charge < -0.3 is 24.4 Å². The highest BCUT2D eigenvalue weighted by molar-refractivity contribution is 6.52. The van der Waals surface area contributed by atoms with Gasteiger partial charge in [0.05, 0.1) is 60.2 Å². The van der Waals surface area contributed by atoms with Gasteiger partial charge in [-0.25, -0.2) is 14.7 Å². The molecule has 2 aliphatic rings. The van der Waals surface area contributed by atoms with Crippen molar-refractivity contribution in [2.24, 2.45) is 9.98 Å². The van der Waals surface area contributed by atoms with Crippen molar-refractivity contribution in [3.8, 4) is 22.9 Å². The van der Waals surface area contributed by atoms with E-state index in [2.05, 4.69) is 10.2 Å². The molecule has 0 spiro atoms. The molecule has 1 aromatic heterocycles. The van der Waals surface area contributed by atoms with Gasteiger partial charge in [-0.05, 0) is 67.1 Å². The Morgan fingerprint density at radius 3 is 2.18 bits per heavy atom. The van der Waals surface area contributed by atoms with Crippen LogP contribution in [0.5, 0.6) is 17.2 Å². The number of nitrogens with zero attached hydrogens (tertiary/aromatic N) is 5. The molecule has 1 N–H and O–H groups in total. The number of hydrogen-bond acceptors (Lipinski definition) is 8. The second kappa shape index (κ2) is 11.5. The molecule has 11 heteroatoms. The monoisotopic (exact) mass is 638 g/mol. The van der Waals surface area contributed by atoms with Gasteiger partial charge in [0.2, 0.25) is 5.75 Å². The average Bonchev–Trinajstić information content (AvgIpc) is 3.40. The summed E-state index contributed by atoms with van der Waals surface area (Å²) in [7, 11) is 4.82. The van der Waals surface area contributed by atoms with Gasteiger partial charge in [-0.3, -0.25) is 0 Å². The summed E-state index contributed by atoms with van der Waals surface area (Å²) in [5, 5.41) is 9.35. The summed E-state index contributed by atoms with van der Waals surface area (Å²) in [5.74, 6) is 3.41. The number of ether oxygens (including phenoxy) is 3. The normalized spacial score (nSPS) is 14.9. The van der Waals surface area contributed by atoms with E-state index in [9.17, 15) is 0 Å². The predicted octanol–water partition coefficient (Wildman–Crippen LogP) is 8.31. The Balaban J connectivity index is 1.51. The maximum Gasteiger partial charge on any atom is 0.203 e. The van der Waals surface area contributed by atoms with Crippen LogP contribution in [0.2, 0.25) is 10.0 Å². The van der Waals surface area contributed by atoms with Gasteiger partial charge in [0.25, 0.3) is 0 Å². The fraction of sp³-hybridized carbons (Fsp3) is 0.147. The number of aliphatic imine (C=N–C) groups is 2. The van der Waals surface area contributed by atoms with Crippen molar-refractivity contribution in [2.75, 3.05) is 31.5 Å². The minimum atomic E-state index is -0.402. The number of halogens is 2. The van der Waals surface area contributed by atoms with Crippen molar-refractivity contribution in [3.05, 3.63) is 112 Å². The van der Waals surface area contributed by atoms with Gasteiger partial charge in [0.1, 0.15) is 0 Å². The Morgan fingerprint density at radius 1 is 0.778 bits per heavy atom. The Labute approximate surface area is 270 Å². The number of methoxy groups -OCH3 is 3. The van der Waals surface area contributed by atoms with Crippen molar-refractivity contribution < 1.29 is 14.2 Å². The maximum absolute atomic E-state index is 6.40. The lowest BCUT2D eigenvalue weighted by Gasteiger charge is -2.40. The standard InChI is InChI=1S/C34H28Cl2N6O3/c1-19-29-30(20-16-27(43-2)31(45-4)28(17-20)44-3)41-26-13-9-8-12-25(26)38-32(37-21-14-15-23(35)24(36)18-21)34(41)39-33(29)42(40-19)22-10-6-5-7-11-22/h5-18,30H,1-4H3,(H,37,38)/t30-/m0/s1. The molecule has 0 fully saturated rings. The van der Waals surface area contributed by atoms with Crippen molar-refractivity contribution in [1.29, 1.82) is 0 Å². The molecule has 3 heterocycles. The van der Waals surface area contributed by atoms with E-state index in [1.54, 1.807) is 33.5 Å². The quantitative estimate of drug-likeness (QED) is 0.201. The molecule has 0 aliphatic carbocycles. The van der Waals surface area contributed by atoms with Crippen LogP contribution < -0.4 is 24.4 Å². The van der Waals surface area contributed by atoms with Crippen molar-refractivity contribution >= 4 is 57.8 Å². The van der Waals surface area contributed by atoms with E-state index in [0.29, 0.717) is 50.5 Å². The lowest BCUT2D eigenvalue weighted by molar-refractivity contribution is 0.323. The topological polar surface area (TPSA) is 85.5 Å². The minimum Gasteiger partial charge on any atom is -0.493 e. The molecule has 0 bridgehead atoms. The van der Waals surface area contributed by atoms with E-state index < -0.39 is 6.04 Å². The molecule has 4 aromatic carbocycles. The number of para-hydroxylation sites is 3. The highest BCUT2D eigenvalue weighted by Crippen LogP contribution is 2.50. The summed E-state index contributed by atoms with van der Waals surface area (Å²) < 4.78 is 19.1. The Morgan fingerprint density at radius 2 is 1.49 bits per heavy atom. The van der Waals surface area contributed by atoms with Crippen LogP contribution in [0.4, 0.5) is 22.9 Å². The molecule has 0 saturated carbocycles. The third-order valence-electron chi connectivity index (χ3n) is 7.82. The first kappa shape index (κ1) is 28.8. The zero-order chi connectivity index (χ0) is 31.2. The molecule has 5 aromatic rings. The maximum atomic E-state index is 6.40. The summed E-state index contributed by atoms with van der Waals surface area (Å²) in [6.45, 7) is 2.00. The fourth-order valence-electron chi connectivity index (χ4n) is 5.83. The molecular formula is C34H28Cl2N6O3. The zero-order valence-electron chi connectivity index (χ0n) is 24.9. The second-order valence-electron chi connectivity index (χ2n) is 10.4. The predicted molar refractivity (Wildman–Crippen MR) is 179 cm³/mol. The van der Waals surface area contributed by atoms with Gasteiger partial charge >= 0.3 is 0 Å². The Bertz CT molecular complexity index is 1980. The fourth-order valence-corrected chi connectivity index (χ4v) is 6.13. The number of aromatic nitrogens is 2. The molecular weight excluding hydrogens is 611 g/mol. The average molecular weight is 640 g/mol. The second-order valence-corrected chi connectivity index (χ2v) is 11.3. The zero-order valence-corrected chi connectivity index (χ0v) is 26.4. The smallest absolute Gasteiger partial charge is 0.203 e. The highest BCUT2D eigenvalue weighted by Gasteiger charge is 2.42. The number of rotatable bonds is 6. The summed E-state index contributed by atoms with van der Waals surface area (Å²) in [5.41, 5.74) is 5.90. The van der Waals surface area contributed by atoms with Crippen LogP contribution in [0.3, 0.4) is 0 Å². The molecule has 0 saturated heterocycles. The van der Waals surface area contributed by atoms with Crippen LogP contribution in [-0.2, 0) is 0 Å². The Hall–Kier alpha value is -4.99. The number of amidine groups is 2. The molecule has 45 heavy (non-hydrogen) atoms. The van der Waals surface area contributed by atoms with Crippen molar-refractivity contribution in [2.45, 2.75) is 13.0 Å². The largest absolute Gasteiger partial charge is 0.493 e. The van der Waals surface area contributed by atoms with Crippen LogP contribution >= 0.6 is 23.2 Å². The van der Waals surface area contributed by atoms with Crippen LogP contribution in [0, 0.1) is 6.92 Å². The van der Waals surface area contributed by atoms with Crippen molar-refractivity contribution in [3.63, 3.8) is 0 Å². The summed E-state index contributed by atoms with van der Waals surface area (Å²) in [6.07, 6.45) is 0. The van der Waals surface area contributed by atoms with Gasteiger partial charge in [-0.1, -0.05) is 53.5 Å². The number of aryl methyl sites for hydroxylation is 1. The van der Waals surface area contributed by atoms with E-state index >= 15 is 0 Å². The summed E-state index contributed by atoms with van der Waals surface area (Å²) >= 11 is 12.6. The molecule has 0 radical (unpaired) electrons. The van der Waals surface area contributed by atoms with Gasteiger partial charge in [0.15, 0.2) is 29.0 Å². The van der Waals surface area contributed by atoms with E-state index in [-0.39, 0.29) is 0 Å². The molecule has 7 rings (SSSR count). The van der Waals surface area contributed by atoms with Crippen LogP contribution in [-0.4, -0.2) is 42.8 Å². The first-order chi connectivity index (χ1) is 21.9. The van der Waals surface area contributed by atoms with Gasteiger partial charge in [-0.15, -0.1) is 0 Å². The third kappa shape index (κ3) is 4.85. The number of fused-ring (bicyclic) bond motifs is 4. The molecule has 226 valence electrons. The van der Waals surface area contributed by atoms with Crippen LogP contribution in [0.1, 0.15) is 22.9 Å². The van der Waals surface area contributed by atoms with E-state index in [4.69, 9.17) is 52.5 Å². The first-order valence-electron chi connectivity index (χ1n) is 14.1. The number of hydrogen-bond donors (Lipinski definition) is 1. The lowest BCUT2D eigenvalue weighted by Crippen LogP contribution is -2.46.